The lowest BCUT2D eigenvalue weighted by molar-refractivity contribution is -0.129. The zero-order chi connectivity index (χ0) is 21.9. The van der Waals surface area contributed by atoms with Crippen molar-refractivity contribution in [2.75, 3.05) is 27.8 Å². The Morgan fingerprint density at radius 2 is 1.90 bits per heavy atom. The Hall–Kier alpha value is -3.17. The van der Waals surface area contributed by atoms with E-state index in [1.807, 2.05) is 6.92 Å². The number of aliphatic imine (C=N–C) groups is 1. The molecule has 0 spiro atoms. The van der Waals surface area contributed by atoms with Gasteiger partial charge in [-0.2, -0.15) is 0 Å². The molecule has 1 aliphatic heterocycles. The fourth-order valence-corrected chi connectivity index (χ4v) is 3.69. The standard InChI is InChI=1S/C21H22N2O6S/c1-5-28-18-10-9-14(12-19(18)27-4)11-17-21(24)29-20(22-17)15-7-6-8-16(13-15)30(25,26)23(2)3/h6-13H,5H2,1-4H3/b17-11-. The van der Waals surface area contributed by atoms with Gasteiger partial charge < -0.3 is 14.2 Å². The van der Waals surface area contributed by atoms with E-state index in [0.29, 0.717) is 29.2 Å². The number of ether oxygens (including phenoxy) is 3. The molecule has 0 radical (unpaired) electrons. The number of carbonyl (C=O) groups excluding carboxylic acids is 1. The highest BCUT2D eigenvalue weighted by Gasteiger charge is 2.26. The third-order valence-corrected chi connectivity index (χ3v) is 6.08. The van der Waals surface area contributed by atoms with Crippen LogP contribution in [0, 0.1) is 0 Å². The zero-order valence-corrected chi connectivity index (χ0v) is 17.9. The van der Waals surface area contributed by atoms with Crippen LogP contribution in [0.5, 0.6) is 11.5 Å². The van der Waals surface area contributed by atoms with Crippen LogP contribution in [0.25, 0.3) is 6.08 Å². The van der Waals surface area contributed by atoms with Crippen LogP contribution in [-0.2, 0) is 19.6 Å². The molecule has 0 fully saturated rings. The van der Waals surface area contributed by atoms with Crippen molar-refractivity contribution in [3.63, 3.8) is 0 Å². The van der Waals surface area contributed by atoms with Crippen LogP contribution >= 0.6 is 0 Å². The quantitative estimate of drug-likeness (QED) is 0.495. The van der Waals surface area contributed by atoms with Gasteiger partial charge in [-0.1, -0.05) is 12.1 Å². The summed E-state index contributed by atoms with van der Waals surface area (Å²) >= 11 is 0. The molecule has 0 unspecified atom stereocenters. The van der Waals surface area contributed by atoms with Crippen molar-refractivity contribution in [1.29, 1.82) is 0 Å². The van der Waals surface area contributed by atoms with Gasteiger partial charge in [0, 0.05) is 19.7 Å². The molecule has 2 aromatic carbocycles. The van der Waals surface area contributed by atoms with Gasteiger partial charge in [0.05, 0.1) is 18.6 Å². The summed E-state index contributed by atoms with van der Waals surface area (Å²) in [6, 6.07) is 11.3. The second-order valence-electron chi connectivity index (χ2n) is 6.49. The largest absolute Gasteiger partial charge is 0.493 e. The number of cyclic esters (lactones) is 1. The molecule has 0 aromatic heterocycles. The van der Waals surface area contributed by atoms with Crippen LogP contribution < -0.4 is 9.47 Å². The summed E-state index contributed by atoms with van der Waals surface area (Å²) in [7, 11) is 0.799. The monoisotopic (exact) mass is 430 g/mol. The van der Waals surface area contributed by atoms with Crippen molar-refractivity contribution >= 4 is 28.0 Å². The van der Waals surface area contributed by atoms with Crippen LogP contribution in [0.2, 0.25) is 0 Å². The molecule has 2 aromatic rings. The molecule has 1 aliphatic rings. The van der Waals surface area contributed by atoms with Gasteiger partial charge >= 0.3 is 5.97 Å². The molecule has 8 nitrogen and oxygen atoms in total. The molecular weight excluding hydrogens is 408 g/mol. The number of hydrogen-bond acceptors (Lipinski definition) is 7. The van der Waals surface area contributed by atoms with Crippen molar-refractivity contribution in [1.82, 2.24) is 4.31 Å². The number of benzene rings is 2. The van der Waals surface area contributed by atoms with Crippen molar-refractivity contribution in [3.05, 3.63) is 59.3 Å². The predicted octanol–water partition coefficient (Wildman–Crippen LogP) is 2.69. The Morgan fingerprint density at radius 1 is 1.13 bits per heavy atom. The maximum Gasteiger partial charge on any atom is 0.363 e. The lowest BCUT2D eigenvalue weighted by Gasteiger charge is -2.11. The minimum atomic E-state index is -3.62. The van der Waals surface area contributed by atoms with E-state index in [-0.39, 0.29) is 16.5 Å². The number of hydrogen-bond donors (Lipinski definition) is 0. The number of rotatable bonds is 7. The molecule has 0 N–H and O–H groups in total. The highest BCUT2D eigenvalue weighted by molar-refractivity contribution is 7.89. The van der Waals surface area contributed by atoms with Gasteiger partial charge in [-0.25, -0.2) is 22.5 Å². The number of sulfonamides is 1. The third-order valence-electron chi connectivity index (χ3n) is 4.27. The minimum Gasteiger partial charge on any atom is -0.493 e. The molecule has 0 bridgehead atoms. The van der Waals surface area contributed by atoms with Crippen LogP contribution in [-0.4, -0.2) is 52.4 Å². The van der Waals surface area contributed by atoms with E-state index in [1.54, 1.807) is 36.4 Å². The van der Waals surface area contributed by atoms with Crippen molar-refractivity contribution < 1.29 is 27.4 Å². The average Bonchev–Trinajstić information content (AvgIpc) is 3.09. The van der Waals surface area contributed by atoms with E-state index in [1.165, 1.54) is 33.3 Å². The van der Waals surface area contributed by atoms with Crippen molar-refractivity contribution in [3.8, 4) is 11.5 Å². The average molecular weight is 430 g/mol. The van der Waals surface area contributed by atoms with Gasteiger partial charge in [0.15, 0.2) is 17.2 Å². The Morgan fingerprint density at radius 3 is 2.57 bits per heavy atom. The summed E-state index contributed by atoms with van der Waals surface area (Å²) in [5.41, 5.74) is 1.16. The number of methoxy groups -OCH3 is 1. The number of esters is 1. The topological polar surface area (TPSA) is 94.5 Å². The van der Waals surface area contributed by atoms with Gasteiger partial charge in [0.2, 0.25) is 15.9 Å². The SMILES string of the molecule is CCOc1ccc(/C=C2\N=C(c3cccc(S(=O)(=O)N(C)C)c3)OC2=O)cc1OC. The highest BCUT2D eigenvalue weighted by atomic mass is 32.2. The summed E-state index contributed by atoms with van der Waals surface area (Å²) in [6.45, 7) is 2.37. The number of carbonyl (C=O) groups is 1. The van der Waals surface area contributed by atoms with Gasteiger partial charge in [-0.15, -0.1) is 0 Å². The minimum absolute atomic E-state index is 0.0416. The molecule has 0 amide bonds. The summed E-state index contributed by atoms with van der Waals surface area (Å²) in [5, 5.41) is 0. The van der Waals surface area contributed by atoms with Crippen LogP contribution in [0.15, 0.2) is 58.0 Å². The molecule has 0 aliphatic carbocycles. The Kier molecular flexibility index (Phi) is 6.23. The first kappa shape index (κ1) is 21.5. The van der Waals surface area contributed by atoms with Gasteiger partial charge in [-0.3, -0.25) is 0 Å². The van der Waals surface area contributed by atoms with Crippen LogP contribution in [0.3, 0.4) is 0 Å². The van der Waals surface area contributed by atoms with E-state index in [0.717, 1.165) is 4.31 Å². The Balaban J connectivity index is 1.94. The second-order valence-corrected chi connectivity index (χ2v) is 8.65. The van der Waals surface area contributed by atoms with Crippen molar-refractivity contribution in [2.45, 2.75) is 11.8 Å². The molecule has 1 heterocycles. The molecule has 30 heavy (non-hydrogen) atoms. The van der Waals surface area contributed by atoms with Crippen LogP contribution in [0.1, 0.15) is 18.1 Å². The second kappa shape index (κ2) is 8.68. The maximum absolute atomic E-state index is 12.3. The fraction of sp³-hybridized carbons (Fsp3) is 0.238. The molecular formula is C21H22N2O6S. The van der Waals surface area contributed by atoms with Gasteiger partial charge in [0.25, 0.3) is 0 Å². The molecule has 158 valence electrons. The fourth-order valence-electron chi connectivity index (χ4n) is 2.74. The van der Waals surface area contributed by atoms with E-state index >= 15 is 0 Å². The summed E-state index contributed by atoms with van der Waals surface area (Å²) < 4.78 is 41.9. The lowest BCUT2D eigenvalue weighted by Crippen LogP contribution is -2.22. The zero-order valence-electron chi connectivity index (χ0n) is 17.1. The molecule has 3 rings (SSSR count). The molecule has 0 saturated carbocycles. The Labute approximate surface area is 175 Å². The third kappa shape index (κ3) is 4.37. The van der Waals surface area contributed by atoms with E-state index in [9.17, 15) is 13.2 Å². The first-order valence-corrected chi connectivity index (χ1v) is 10.6. The normalized spacial score (nSPS) is 15.3. The predicted molar refractivity (Wildman–Crippen MR) is 112 cm³/mol. The maximum atomic E-state index is 12.3. The molecule has 0 atom stereocenters. The number of nitrogens with zero attached hydrogens (tertiary/aromatic N) is 2. The molecule has 0 saturated heterocycles. The summed E-state index contributed by atoms with van der Waals surface area (Å²) in [4.78, 5) is 16.6. The van der Waals surface area contributed by atoms with Crippen LogP contribution in [0.4, 0.5) is 0 Å². The summed E-state index contributed by atoms with van der Waals surface area (Å²) in [5.74, 6) is 0.543. The Bertz CT molecular complexity index is 1140. The van der Waals surface area contributed by atoms with E-state index < -0.39 is 16.0 Å². The van der Waals surface area contributed by atoms with Crippen molar-refractivity contribution in [2.24, 2.45) is 4.99 Å². The van der Waals surface area contributed by atoms with E-state index in [4.69, 9.17) is 14.2 Å². The highest BCUT2D eigenvalue weighted by Crippen LogP contribution is 2.30. The van der Waals surface area contributed by atoms with E-state index in [2.05, 4.69) is 4.99 Å². The van der Waals surface area contributed by atoms with Gasteiger partial charge in [-0.05, 0) is 48.9 Å². The molecule has 9 heteroatoms. The van der Waals surface area contributed by atoms with Gasteiger partial charge in [0.1, 0.15) is 0 Å². The lowest BCUT2D eigenvalue weighted by atomic mass is 10.1. The summed E-state index contributed by atoms with van der Waals surface area (Å²) in [6.07, 6.45) is 1.56. The first-order valence-electron chi connectivity index (χ1n) is 9.12. The smallest absolute Gasteiger partial charge is 0.363 e. The first-order chi connectivity index (χ1) is 14.3.